The minimum atomic E-state index is -0.847. The molecule has 1 aliphatic rings. The topological polar surface area (TPSA) is 60.4 Å². The van der Waals surface area contributed by atoms with Gasteiger partial charge >= 0.3 is 5.97 Å². The van der Waals surface area contributed by atoms with Crippen LogP contribution in [-0.4, -0.2) is 24.6 Å². The van der Waals surface area contributed by atoms with Crippen molar-refractivity contribution in [3.63, 3.8) is 0 Å². The predicted molar refractivity (Wildman–Crippen MR) is 44.0 cm³/mol. The third kappa shape index (κ3) is 2.14. The highest BCUT2D eigenvalue weighted by Gasteiger charge is 2.33. The standard InChI is InChI=1S/C9H12O4/c1-13-9(12)6-4-2-3-5-7(10)8(6)11/h6H,2-5H2,1H3. The number of ketones is 2. The van der Waals surface area contributed by atoms with Crippen LogP contribution < -0.4 is 0 Å². The van der Waals surface area contributed by atoms with E-state index >= 15 is 0 Å². The van der Waals surface area contributed by atoms with Gasteiger partial charge in [0.1, 0.15) is 5.92 Å². The normalized spacial score (nSPS) is 23.9. The number of esters is 1. The Kier molecular flexibility index (Phi) is 3.17. The van der Waals surface area contributed by atoms with Gasteiger partial charge in [-0.15, -0.1) is 0 Å². The summed E-state index contributed by atoms with van der Waals surface area (Å²) in [6.45, 7) is 0. The van der Waals surface area contributed by atoms with Crippen molar-refractivity contribution >= 4 is 17.5 Å². The highest BCUT2D eigenvalue weighted by Crippen LogP contribution is 2.18. The molecule has 0 heterocycles. The fourth-order valence-electron chi connectivity index (χ4n) is 1.45. The first kappa shape index (κ1) is 9.89. The number of carbonyl (C=O) groups is 3. The molecule has 1 rings (SSSR count). The summed E-state index contributed by atoms with van der Waals surface area (Å²) in [5.74, 6) is -2.45. The van der Waals surface area contributed by atoms with E-state index in [-0.39, 0.29) is 6.42 Å². The van der Waals surface area contributed by atoms with E-state index in [0.29, 0.717) is 12.8 Å². The second kappa shape index (κ2) is 4.16. The van der Waals surface area contributed by atoms with E-state index in [1.165, 1.54) is 7.11 Å². The van der Waals surface area contributed by atoms with Gasteiger partial charge in [-0.05, 0) is 12.8 Å². The van der Waals surface area contributed by atoms with Crippen molar-refractivity contribution in [3.05, 3.63) is 0 Å². The number of methoxy groups -OCH3 is 1. The second-order valence-corrected chi connectivity index (χ2v) is 3.11. The molecule has 0 aromatic rings. The first-order valence-corrected chi connectivity index (χ1v) is 4.31. The summed E-state index contributed by atoms with van der Waals surface area (Å²) in [6.07, 6.45) is 2.14. The zero-order chi connectivity index (χ0) is 9.84. The van der Waals surface area contributed by atoms with Crippen LogP contribution in [0.5, 0.6) is 0 Å². The van der Waals surface area contributed by atoms with Gasteiger partial charge in [0.25, 0.3) is 0 Å². The third-order valence-corrected chi connectivity index (χ3v) is 2.22. The predicted octanol–water partition coefficient (Wildman–Crippen LogP) is 0.488. The minimum Gasteiger partial charge on any atom is -0.468 e. The van der Waals surface area contributed by atoms with Gasteiger partial charge in [0.15, 0.2) is 5.78 Å². The Hall–Kier alpha value is -1.19. The molecule has 0 aromatic carbocycles. The van der Waals surface area contributed by atoms with Crippen LogP contribution in [0.3, 0.4) is 0 Å². The van der Waals surface area contributed by atoms with E-state index in [1.54, 1.807) is 0 Å². The van der Waals surface area contributed by atoms with Gasteiger partial charge < -0.3 is 4.74 Å². The lowest BCUT2D eigenvalue weighted by Gasteiger charge is -2.08. The van der Waals surface area contributed by atoms with Gasteiger partial charge in [0.05, 0.1) is 7.11 Å². The van der Waals surface area contributed by atoms with Crippen LogP contribution in [0.4, 0.5) is 0 Å². The Balaban J connectivity index is 2.76. The zero-order valence-electron chi connectivity index (χ0n) is 7.54. The van der Waals surface area contributed by atoms with Gasteiger partial charge in [0.2, 0.25) is 5.78 Å². The number of ether oxygens (including phenoxy) is 1. The summed E-state index contributed by atoms with van der Waals surface area (Å²) in [5.41, 5.74) is 0. The highest BCUT2D eigenvalue weighted by molar-refractivity contribution is 6.41. The van der Waals surface area contributed by atoms with Crippen LogP contribution >= 0.6 is 0 Å². The molecular weight excluding hydrogens is 172 g/mol. The number of Topliss-reactive ketones (excluding diaryl/α,β-unsaturated/α-hetero) is 2. The lowest BCUT2D eigenvalue weighted by atomic mass is 9.99. The SMILES string of the molecule is COC(=O)C1CCCCC(=O)C1=O. The molecule has 1 aliphatic carbocycles. The third-order valence-electron chi connectivity index (χ3n) is 2.22. The molecule has 1 atom stereocenters. The van der Waals surface area contributed by atoms with Crippen LogP contribution in [0.25, 0.3) is 0 Å². The molecule has 0 amide bonds. The maximum Gasteiger partial charge on any atom is 0.316 e. The average molecular weight is 184 g/mol. The maximum absolute atomic E-state index is 11.3. The molecular formula is C9H12O4. The Morgan fingerprint density at radius 2 is 2.08 bits per heavy atom. The number of rotatable bonds is 1. The largest absolute Gasteiger partial charge is 0.468 e. The lowest BCUT2D eigenvalue weighted by Crippen LogP contribution is -2.29. The van der Waals surface area contributed by atoms with Crippen molar-refractivity contribution in [2.75, 3.05) is 7.11 Å². The number of carbonyl (C=O) groups excluding carboxylic acids is 3. The monoisotopic (exact) mass is 184 g/mol. The molecule has 0 bridgehead atoms. The van der Waals surface area contributed by atoms with Crippen LogP contribution in [-0.2, 0) is 19.1 Å². The van der Waals surface area contributed by atoms with Crippen molar-refractivity contribution in [2.45, 2.75) is 25.7 Å². The molecule has 72 valence electrons. The molecule has 0 aliphatic heterocycles. The van der Waals surface area contributed by atoms with E-state index in [2.05, 4.69) is 4.74 Å². The maximum atomic E-state index is 11.3. The van der Waals surface area contributed by atoms with Crippen LogP contribution in [0.2, 0.25) is 0 Å². The van der Waals surface area contributed by atoms with Gasteiger partial charge in [-0.3, -0.25) is 14.4 Å². The number of hydrogen-bond acceptors (Lipinski definition) is 4. The second-order valence-electron chi connectivity index (χ2n) is 3.11. The smallest absolute Gasteiger partial charge is 0.316 e. The Labute approximate surface area is 76.3 Å². The Bertz CT molecular complexity index is 244. The molecule has 13 heavy (non-hydrogen) atoms. The van der Waals surface area contributed by atoms with Crippen LogP contribution in [0, 0.1) is 5.92 Å². The van der Waals surface area contributed by atoms with Crippen molar-refractivity contribution in [2.24, 2.45) is 5.92 Å². The molecule has 1 saturated carbocycles. The molecule has 4 heteroatoms. The van der Waals surface area contributed by atoms with Crippen LogP contribution in [0.15, 0.2) is 0 Å². The molecule has 0 saturated heterocycles. The molecule has 0 radical (unpaired) electrons. The average Bonchev–Trinajstić information content (AvgIpc) is 2.29. The van der Waals surface area contributed by atoms with Gasteiger partial charge in [-0.2, -0.15) is 0 Å². The van der Waals surface area contributed by atoms with Crippen LogP contribution in [0.1, 0.15) is 25.7 Å². The molecule has 0 N–H and O–H groups in total. The van der Waals surface area contributed by atoms with E-state index in [0.717, 1.165) is 6.42 Å². The Morgan fingerprint density at radius 1 is 1.38 bits per heavy atom. The minimum absolute atomic E-state index is 0.270. The van der Waals surface area contributed by atoms with E-state index in [1.807, 2.05) is 0 Å². The summed E-state index contributed by atoms with van der Waals surface area (Å²) >= 11 is 0. The molecule has 0 aromatic heterocycles. The van der Waals surface area contributed by atoms with Gasteiger partial charge in [-0.1, -0.05) is 6.42 Å². The quantitative estimate of drug-likeness (QED) is 0.257. The van der Waals surface area contributed by atoms with Gasteiger partial charge in [0, 0.05) is 6.42 Å². The van der Waals surface area contributed by atoms with E-state index in [4.69, 9.17) is 0 Å². The van der Waals surface area contributed by atoms with Crippen molar-refractivity contribution in [3.8, 4) is 0 Å². The van der Waals surface area contributed by atoms with Gasteiger partial charge in [-0.25, -0.2) is 0 Å². The summed E-state index contributed by atoms with van der Waals surface area (Å²) in [5, 5.41) is 0. The summed E-state index contributed by atoms with van der Waals surface area (Å²) in [6, 6.07) is 0. The number of hydrogen-bond donors (Lipinski definition) is 0. The van der Waals surface area contributed by atoms with Crippen molar-refractivity contribution in [1.29, 1.82) is 0 Å². The first-order chi connectivity index (χ1) is 6.16. The summed E-state index contributed by atoms with van der Waals surface area (Å²) < 4.78 is 4.45. The fourth-order valence-corrected chi connectivity index (χ4v) is 1.45. The summed E-state index contributed by atoms with van der Waals surface area (Å²) in [7, 11) is 1.23. The molecule has 0 spiro atoms. The first-order valence-electron chi connectivity index (χ1n) is 4.31. The van der Waals surface area contributed by atoms with E-state index in [9.17, 15) is 14.4 Å². The van der Waals surface area contributed by atoms with E-state index < -0.39 is 23.5 Å². The van der Waals surface area contributed by atoms with Crippen molar-refractivity contribution in [1.82, 2.24) is 0 Å². The lowest BCUT2D eigenvalue weighted by molar-refractivity contribution is -0.152. The van der Waals surface area contributed by atoms with Crippen molar-refractivity contribution < 1.29 is 19.1 Å². The molecule has 1 unspecified atom stereocenters. The highest BCUT2D eigenvalue weighted by atomic mass is 16.5. The Morgan fingerprint density at radius 3 is 2.69 bits per heavy atom. The zero-order valence-corrected chi connectivity index (χ0v) is 7.54. The fraction of sp³-hybridized carbons (Fsp3) is 0.667. The molecule has 4 nitrogen and oxygen atoms in total. The molecule has 1 fully saturated rings. The summed E-state index contributed by atoms with van der Waals surface area (Å²) in [4.78, 5) is 33.5.